The number of hydrogen-bond donors (Lipinski definition) is 0. The molecule has 0 aliphatic rings. The Labute approximate surface area is 118 Å². The van der Waals surface area contributed by atoms with Crippen molar-refractivity contribution >= 4 is 27.1 Å². The van der Waals surface area contributed by atoms with Gasteiger partial charge in [-0.3, -0.25) is 0 Å². The lowest BCUT2D eigenvalue weighted by molar-refractivity contribution is -0.510. The lowest BCUT2D eigenvalue weighted by Gasteiger charge is -2.07. The molecule has 0 N–H and O–H groups in total. The molecule has 0 amide bonds. The molecule has 0 saturated carbocycles. The van der Waals surface area contributed by atoms with Crippen LogP contribution in [0.15, 0.2) is 67.0 Å². The number of rotatable bonds is 1. The third kappa shape index (κ3) is 1.53. The van der Waals surface area contributed by atoms with E-state index in [1.165, 1.54) is 32.6 Å². The molecule has 0 atom stereocenters. The molecule has 96 valence electrons. The van der Waals surface area contributed by atoms with Crippen LogP contribution in [0.4, 0.5) is 0 Å². The fourth-order valence-electron chi connectivity index (χ4n) is 3.17. The SMILES string of the molecule is CCc1c2ccc3ccccc3c2c[n+]2ccccc12. The van der Waals surface area contributed by atoms with Crippen LogP contribution in [0.25, 0.3) is 27.1 Å². The van der Waals surface area contributed by atoms with E-state index >= 15 is 0 Å². The minimum absolute atomic E-state index is 1.04. The summed E-state index contributed by atoms with van der Waals surface area (Å²) in [5, 5.41) is 5.34. The van der Waals surface area contributed by atoms with Gasteiger partial charge in [-0.05, 0) is 28.6 Å². The fraction of sp³-hybridized carbons (Fsp3) is 0.105. The zero-order valence-electron chi connectivity index (χ0n) is 11.5. The summed E-state index contributed by atoms with van der Waals surface area (Å²) in [6.45, 7) is 2.23. The smallest absolute Gasteiger partial charge is 0.166 e. The van der Waals surface area contributed by atoms with Crippen LogP contribution in [-0.4, -0.2) is 0 Å². The Balaban J connectivity index is 2.30. The maximum atomic E-state index is 2.27. The minimum Gasteiger partial charge on any atom is -0.166 e. The highest BCUT2D eigenvalue weighted by atomic mass is 14.8. The second-order valence-corrected chi connectivity index (χ2v) is 5.20. The first-order chi connectivity index (χ1) is 9.88. The van der Waals surface area contributed by atoms with Crippen LogP contribution < -0.4 is 4.40 Å². The average molecular weight is 258 g/mol. The minimum atomic E-state index is 1.04. The summed E-state index contributed by atoms with van der Waals surface area (Å²) in [6.07, 6.45) is 5.44. The number of pyridine rings is 2. The van der Waals surface area contributed by atoms with Crippen molar-refractivity contribution in [2.24, 2.45) is 0 Å². The monoisotopic (exact) mass is 258 g/mol. The van der Waals surface area contributed by atoms with E-state index in [4.69, 9.17) is 0 Å². The van der Waals surface area contributed by atoms with Gasteiger partial charge in [-0.2, -0.15) is 4.40 Å². The molecule has 1 heteroatoms. The highest BCUT2D eigenvalue weighted by Gasteiger charge is 2.13. The highest BCUT2D eigenvalue weighted by molar-refractivity contribution is 6.08. The summed E-state index contributed by atoms with van der Waals surface area (Å²) in [4.78, 5) is 0. The fourth-order valence-corrected chi connectivity index (χ4v) is 3.17. The van der Waals surface area contributed by atoms with Crippen LogP contribution in [0, 0.1) is 0 Å². The van der Waals surface area contributed by atoms with E-state index in [0.717, 1.165) is 6.42 Å². The third-order valence-corrected chi connectivity index (χ3v) is 4.12. The summed E-state index contributed by atoms with van der Waals surface area (Å²) >= 11 is 0. The zero-order valence-corrected chi connectivity index (χ0v) is 11.5. The van der Waals surface area contributed by atoms with Crippen molar-refractivity contribution < 1.29 is 4.40 Å². The normalized spacial score (nSPS) is 11.4. The lowest BCUT2D eigenvalue weighted by Crippen LogP contribution is -2.22. The molecule has 0 unspecified atom stereocenters. The Kier molecular flexibility index (Phi) is 2.46. The van der Waals surface area contributed by atoms with Crippen molar-refractivity contribution in [3.63, 3.8) is 0 Å². The molecule has 2 aromatic carbocycles. The molecule has 2 aromatic heterocycles. The van der Waals surface area contributed by atoms with Crippen LogP contribution in [0.2, 0.25) is 0 Å². The second-order valence-electron chi connectivity index (χ2n) is 5.20. The molecule has 20 heavy (non-hydrogen) atoms. The quantitative estimate of drug-likeness (QED) is 0.272. The van der Waals surface area contributed by atoms with Gasteiger partial charge in [0.1, 0.15) is 0 Å². The average Bonchev–Trinajstić information content (AvgIpc) is 2.52. The number of hydrogen-bond acceptors (Lipinski definition) is 0. The molecular weight excluding hydrogens is 242 g/mol. The molecule has 0 fully saturated rings. The molecule has 0 spiro atoms. The topological polar surface area (TPSA) is 4.10 Å². The van der Waals surface area contributed by atoms with E-state index in [1.54, 1.807) is 0 Å². The van der Waals surface area contributed by atoms with E-state index in [2.05, 4.69) is 78.3 Å². The Hall–Kier alpha value is -2.41. The van der Waals surface area contributed by atoms with Crippen molar-refractivity contribution in [2.75, 3.05) is 0 Å². The van der Waals surface area contributed by atoms with Crippen molar-refractivity contribution in [3.8, 4) is 0 Å². The summed E-state index contributed by atoms with van der Waals surface area (Å²) < 4.78 is 2.24. The molecule has 2 heterocycles. The molecule has 0 radical (unpaired) electrons. The molecule has 4 rings (SSSR count). The van der Waals surface area contributed by atoms with Crippen LogP contribution in [0.3, 0.4) is 0 Å². The highest BCUT2D eigenvalue weighted by Crippen LogP contribution is 2.28. The molecule has 1 nitrogen and oxygen atoms in total. The molecule has 0 saturated heterocycles. The van der Waals surface area contributed by atoms with Crippen LogP contribution in [-0.2, 0) is 6.42 Å². The van der Waals surface area contributed by atoms with E-state index in [0.29, 0.717) is 0 Å². The first kappa shape index (κ1) is 11.4. The molecule has 0 bridgehead atoms. The van der Waals surface area contributed by atoms with Crippen molar-refractivity contribution in [3.05, 3.63) is 72.6 Å². The number of nitrogens with zero attached hydrogens (tertiary/aromatic N) is 1. The molecule has 0 aliphatic carbocycles. The van der Waals surface area contributed by atoms with Crippen LogP contribution >= 0.6 is 0 Å². The molecule has 4 aromatic rings. The number of fused-ring (bicyclic) bond motifs is 4. The summed E-state index contributed by atoms with van der Waals surface area (Å²) in [5.41, 5.74) is 2.73. The van der Waals surface area contributed by atoms with Gasteiger partial charge in [0.25, 0.3) is 0 Å². The van der Waals surface area contributed by atoms with Crippen molar-refractivity contribution in [1.29, 1.82) is 0 Å². The van der Waals surface area contributed by atoms with Gasteiger partial charge in [-0.25, -0.2) is 0 Å². The first-order valence-corrected chi connectivity index (χ1v) is 7.12. The van der Waals surface area contributed by atoms with E-state index in [-0.39, 0.29) is 0 Å². The maximum absolute atomic E-state index is 2.27. The largest absolute Gasteiger partial charge is 0.214 e. The maximum Gasteiger partial charge on any atom is 0.214 e. The Morgan fingerprint density at radius 1 is 0.800 bits per heavy atom. The van der Waals surface area contributed by atoms with Gasteiger partial charge in [-0.1, -0.05) is 43.3 Å². The van der Waals surface area contributed by atoms with Crippen LogP contribution in [0.1, 0.15) is 12.5 Å². The molecular formula is C19H16N+. The Morgan fingerprint density at radius 2 is 1.65 bits per heavy atom. The number of aromatic nitrogens is 1. The Bertz CT molecular complexity index is 938. The Morgan fingerprint density at radius 3 is 2.55 bits per heavy atom. The van der Waals surface area contributed by atoms with Gasteiger partial charge < -0.3 is 0 Å². The molecule has 0 aliphatic heterocycles. The summed E-state index contributed by atoms with van der Waals surface area (Å²) in [6, 6.07) is 19.5. The number of benzene rings is 2. The van der Waals surface area contributed by atoms with Gasteiger partial charge in [0, 0.05) is 17.7 Å². The van der Waals surface area contributed by atoms with E-state index in [1.807, 2.05) is 0 Å². The third-order valence-electron chi connectivity index (χ3n) is 4.12. The lowest BCUT2D eigenvalue weighted by atomic mass is 9.98. The standard InChI is InChI=1S/C19H16N/c1-2-15-17-11-10-14-7-3-4-8-16(14)18(17)13-20-12-6-5-9-19(15)20/h3-13H,2H2,1H3/q+1. The van der Waals surface area contributed by atoms with Crippen molar-refractivity contribution in [2.45, 2.75) is 13.3 Å². The van der Waals surface area contributed by atoms with Gasteiger partial charge in [0.15, 0.2) is 12.4 Å². The summed E-state index contributed by atoms with van der Waals surface area (Å²) in [5.74, 6) is 0. The van der Waals surface area contributed by atoms with E-state index in [9.17, 15) is 0 Å². The van der Waals surface area contributed by atoms with Gasteiger partial charge in [0.2, 0.25) is 5.52 Å². The van der Waals surface area contributed by atoms with Crippen LogP contribution in [0.5, 0.6) is 0 Å². The van der Waals surface area contributed by atoms with Gasteiger partial charge in [-0.15, -0.1) is 0 Å². The van der Waals surface area contributed by atoms with Gasteiger partial charge >= 0.3 is 0 Å². The van der Waals surface area contributed by atoms with E-state index < -0.39 is 0 Å². The predicted molar refractivity (Wildman–Crippen MR) is 84.0 cm³/mol. The summed E-state index contributed by atoms with van der Waals surface area (Å²) in [7, 11) is 0. The first-order valence-electron chi connectivity index (χ1n) is 7.12. The second kappa shape index (κ2) is 4.31. The predicted octanol–water partition coefficient (Wildman–Crippen LogP) is 4.29. The van der Waals surface area contributed by atoms with Gasteiger partial charge in [0.05, 0.1) is 5.39 Å². The number of aryl methyl sites for hydroxylation is 1. The zero-order chi connectivity index (χ0) is 13.5. The van der Waals surface area contributed by atoms with Crippen molar-refractivity contribution in [1.82, 2.24) is 0 Å².